The summed E-state index contributed by atoms with van der Waals surface area (Å²) in [5.41, 5.74) is 2.66. The number of anilines is 1. The van der Waals surface area contributed by atoms with Crippen molar-refractivity contribution >= 4 is 29.3 Å². The molecule has 0 saturated carbocycles. The number of rotatable bonds is 6. The van der Waals surface area contributed by atoms with Gasteiger partial charge in [0.2, 0.25) is 23.6 Å². The van der Waals surface area contributed by atoms with Crippen molar-refractivity contribution in [2.24, 2.45) is 11.8 Å². The minimum atomic E-state index is -0.288. The maximum atomic E-state index is 12.5. The van der Waals surface area contributed by atoms with Gasteiger partial charge in [-0.25, -0.2) is 0 Å². The molecule has 0 bridgehead atoms. The normalized spacial score (nSPS) is 20.6. The zero-order valence-electron chi connectivity index (χ0n) is 17.1. The third-order valence-corrected chi connectivity index (χ3v) is 5.70. The molecule has 0 spiro atoms. The Morgan fingerprint density at radius 1 is 1.07 bits per heavy atom. The fraction of sp³-hybridized carbons (Fsp3) is 0.455. The average Bonchev–Trinajstić information content (AvgIpc) is 2.93. The molecular formula is C22H27N3O4. The largest absolute Gasteiger partial charge is 0.336 e. The predicted molar refractivity (Wildman–Crippen MR) is 109 cm³/mol. The van der Waals surface area contributed by atoms with E-state index in [0.717, 1.165) is 16.8 Å². The highest BCUT2D eigenvalue weighted by molar-refractivity contribution is 6.05. The Bertz CT molecular complexity index is 831. The van der Waals surface area contributed by atoms with Gasteiger partial charge in [-0.1, -0.05) is 30.4 Å². The average molecular weight is 397 g/mol. The molecule has 4 amide bonds. The molecule has 1 aliphatic heterocycles. The first-order valence-electron chi connectivity index (χ1n) is 9.90. The lowest BCUT2D eigenvalue weighted by Gasteiger charge is -2.20. The standard InChI is InChI=1S/C22H27N3O4/c1-14-7-6-8-15(2)20(14)23-18(26)13-24(3)19(27)11-12-25-21(28)16-9-4-5-10-17(16)22(25)29/h4-8,16-17H,9-13H2,1-3H3,(H,23,26)/t16-,17-/m0/s1. The Morgan fingerprint density at radius 3 is 2.17 bits per heavy atom. The zero-order valence-corrected chi connectivity index (χ0v) is 17.1. The van der Waals surface area contributed by atoms with Gasteiger partial charge in [-0.05, 0) is 37.8 Å². The third-order valence-electron chi connectivity index (χ3n) is 5.70. The van der Waals surface area contributed by atoms with E-state index in [1.54, 1.807) is 7.05 Å². The third kappa shape index (κ3) is 4.39. The number of aryl methyl sites for hydroxylation is 2. The second-order valence-electron chi connectivity index (χ2n) is 7.80. The molecule has 1 aliphatic carbocycles. The Morgan fingerprint density at radius 2 is 1.62 bits per heavy atom. The molecule has 1 fully saturated rings. The highest BCUT2D eigenvalue weighted by Gasteiger charge is 2.46. The van der Waals surface area contributed by atoms with Gasteiger partial charge in [0.25, 0.3) is 0 Å². The molecule has 2 aliphatic rings. The molecule has 2 atom stereocenters. The first-order valence-corrected chi connectivity index (χ1v) is 9.90. The smallest absolute Gasteiger partial charge is 0.243 e. The highest BCUT2D eigenvalue weighted by atomic mass is 16.2. The van der Waals surface area contributed by atoms with E-state index in [4.69, 9.17) is 0 Å². The van der Waals surface area contributed by atoms with Crippen LogP contribution in [0.1, 0.15) is 30.4 Å². The van der Waals surface area contributed by atoms with Crippen LogP contribution in [0.4, 0.5) is 5.69 Å². The zero-order chi connectivity index (χ0) is 21.1. The summed E-state index contributed by atoms with van der Waals surface area (Å²) in [5, 5.41) is 2.85. The minimum Gasteiger partial charge on any atom is -0.336 e. The Labute approximate surface area is 170 Å². The SMILES string of the molecule is Cc1cccc(C)c1NC(=O)CN(C)C(=O)CCN1C(=O)[C@H]2CC=CC[C@@H]2C1=O. The van der Waals surface area contributed by atoms with Gasteiger partial charge in [0.05, 0.1) is 18.4 Å². The molecule has 1 aromatic rings. The number of carbonyl (C=O) groups excluding carboxylic acids is 4. The van der Waals surface area contributed by atoms with Crippen LogP contribution < -0.4 is 5.32 Å². The number of hydrogen-bond donors (Lipinski definition) is 1. The van der Waals surface area contributed by atoms with Crippen LogP contribution in [0.5, 0.6) is 0 Å². The van der Waals surface area contributed by atoms with Gasteiger partial charge in [-0.2, -0.15) is 0 Å². The van der Waals surface area contributed by atoms with Crippen LogP contribution in [0.2, 0.25) is 0 Å². The van der Waals surface area contributed by atoms with Crippen LogP contribution in [-0.2, 0) is 19.2 Å². The molecular weight excluding hydrogens is 370 g/mol. The molecule has 29 heavy (non-hydrogen) atoms. The van der Waals surface area contributed by atoms with E-state index in [9.17, 15) is 19.2 Å². The second-order valence-corrected chi connectivity index (χ2v) is 7.80. The molecule has 3 rings (SSSR count). The van der Waals surface area contributed by atoms with E-state index in [1.165, 1.54) is 9.80 Å². The van der Waals surface area contributed by atoms with E-state index in [2.05, 4.69) is 5.32 Å². The van der Waals surface area contributed by atoms with Gasteiger partial charge in [0, 0.05) is 25.7 Å². The summed E-state index contributed by atoms with van der Waals surface area (Å²) in [6.07, 6.45) is 5.04. The van der Waals surface area contributed by atoms with Crippen molar-refractivity contribution in [1.82, 2.24) is 9.80 Å². The van der Waals surface area contributed by atoms with Crippen LogP contribution >= 0.6 is 0 Å². The van der Waals surface area contributed by atoms with Crippen molar-refractivity contribution in [2.75, 3.05) is 25.5 Å². The summed E-state index contributed by atoms with van der Waals surface area (Å²) in [7, 11) is 1.55. The lowest BCUT2D eigenvalue weighted by molar-refractivity contribution is -0.141. The first-order chi connectivity index (χ1) is 13.8. The van der Waals surface area contributed by atoms with Crippen molar-refractivity contribution in [1.29, 1.82) is 0 Å². The summed E-state index contributed by atoms with van der Waals surface area (Å²) in [5.74, 6) is -1.52. The number of imide groups is 1. The quantitative estimate of drug-likeness (QED) is 0.588. The number of likely N-dealkylation sites (tertiary alicyclic amines) is 1. The molecule has 1 heterocycles. The molecule has 0 aromatic heterocycles. The van der Waals surface area contributed by atoms with Crippen molar-refractivity contribution < 1.29 is 19.2 Å². The van der Waals surface area contributed by atoms with E-state index < -0.39 is 0 Å². The minimum absolute atomic E-state index is 0.0114. The fourth-order valence-corrected chi connectivity index (χ4v) is 3.98. The van der Waals surface area contributed by atoms with Crippen molar-refractivity contribution in [3.05, 3.63) is 41.5 Å². The number of allylic oxidation sites excluding steroid dienone is 2. The summed E-state index contributed by atoms with van der Waals surface area (Å²) < 4.78 is 0. The number of nitrogens with one attached hydrogen (secondary N) is 1. The highest BCUT2D eigenvalue weighted by Crippen LogP contribution is 2.35. The molecule has 1 aromatic carbocycles. The van der Waals surface area contributed by atoms with Gasteiger partial charge < -0.3 is 10.2 Å². The lowest BCUT2D eigenvalue weighted by atomic mass is 9.85. The molecule has 0 radical (unpaired) electrons. The predicted octanol–water partition coefficient (Wildman–Crippen LogP) is 2.04. The van der Waals surface area contributed by atoms with Gasteiger partial charge in [-0.15, -0.1) is 0 Å². The number of amides is 4. The maximum Gasteiger partial charge on any atom is 0.243 e. The fourth-order valence-electron chi connectivity index (χ4n) is 3.98. The van der Waals surface area contributed by atoms with E-state index in [-0.39, 0.29) is 55.0 Å². The Balaban J connectivity index is 1.51. The molecule has 0 unspecified atom stereocenters. The van der Waals surface area contributed by atoms with Crippen LogP contribution in [-0.4, -0.2) is 53.6 Å². The molecule has 1 saturated heterocycles. The molecule has 154 valence electrons. The van der Waals surface area contributed by atoms with Crippen LogP contribution in [0.25, 0.3) is 0 Å². The van der Waals surface area contributed by atoms with Gasteiger partial charge in [0.1, 0.15) is 0 Å². The number of nitrogens with zero attached hydrogens (tertiary/aromatic N) is 2. The first kappa shape index (κ1) is 20.8. The van der Waals surface area contributed by atoms with Crippen molar-refractivity contribution in [3.63, 3.8) is 0 Å². The second kappa shape index (κ2) is 8.59. The van der Waals surface area contributed by atoms with Gasteiger partial charge >= 0.3 is 0 Å². The van der Waals surface area contributed by atoms with E-state index in [1.807, 2.05) is 44.2 Å². The van der Waals surface area contributed by atoms with E-state index >= 15 is 0 Å². The number of para-hydroxylation sites is 1. The number of carbonyl (C=O) groups is 4. The van der Waals surface area contributed by atoms with Gasteiger partial charge in [-0.3, -0.25) is 24.1 Å². The number of hydrogen-bond acceptors (Lipinski definition) is 4. The lowest BCUT2D eigenvalue weighted by Crippen LogP contribution is -2.38. The Kier molecular flexibility index (Phi) is 6.15. The van der Waals surface area contributed by atoms with Crippen LogP contribution in [0, 0.1) is 25.7 Å². The number of fused-ring (bicyclic) bond motifs is 1. The van der Waals surface area contributed by atoms with Crippen molar-refractivity contribution in [3.8, 4) is 0 Å². The number of benzene rings is 1. The molecule has 7 nitrogen and oxygen atoms in total. The topological polar surface area (TPSA) is 86.8 Å². The van der Waals surface area contributed by atoms with Crippen molar-refractivity contribution in [2.45, 2.75) is 33.1 Å². The summed E-state index contributed by atoms with van der Waals surface area (Å²) >= 11 is 0. The number of likely N-dealkylation sites (N-methyl/N-ethyl adjacent to an activating group) is 1. The van der Waals surface area contributed by atoms with E-state index in [0.29, 0.717) is 12.8 Å². The molecule has 1 N–H and O–H groups in total. The van der Waals surface area contributed by atoms with Crippen LogP contribution in [0.15, 0.2) is 30.4 Å². The Hall–Kier alpha value is -2.96. The summed E-state index contributed by atoms with van der Waals surface area (Å²) in [4.78, 5) is 52.2. The maximum absolute atomic E-state index is 12.5. The monoisotopic (exact) mass is 397 g/mol. The van der Waals surface area contributed by atoms with Crippen LogP contribution in [0.3, 0.4) is 0 Å². The summed E-state index contributed by atoms with van der Waals surface area (Å²) in [6.45, 7) is 3.79. The molecule has 7 heteroatoms. The van der Waals surface area contributed by atoms with Gasteiger partial charge in [0.15, 0.2) is 0 Å². The summed E-state index contributed by atoms with van der Waals surface area (Å²) in [6, 6.07) is 5.74.